The highest BCUT2D eigenvalue weighted by molar-refractivity contribution is 7.24. The summed E-state index contributed by atoms with van der Waals surface area (Å²) in [5.41, 5.74) is -0.0282. The Bertz CT molecular complexity index is 911. The van der Waals surface area contributed by atoms with Gasteiger partial charge in [0.2, 0.25) is 0 Å². The third-order valence-electron chi connectivity index (χ3n) is 2.93. The first kappa shape index (κ1) is 13.3. The molecule has 21 heavy (non-hydrogen) atoms. The monoisotopic (exact) mass is 298 g/mol. The summed E-state index contributed by atoms with van der Waals surface area (Å²) in [6.07, 6.45) is 0.132. The Morgan fingerprint density at radius 3 is 2.67 bits per heavy atom. The van der Waals surface area contributed by atoms with E-state index in [-0.39, 0.29) is 5.43 Å². The molecule has 0 bridgehead atoms. The minimum atomic E-state index is -0.863. The Hall–Kier alpha value is -2.66. The number of fused-ring (bicyclic) bond motifs is 2. The molecule has 4 nitrogen and oxygen atoms in total. The fourth-order valence-corrected chi connectivity index (χ4v) is 3.13. The molecule has 3 rings (SSSR count). The molecule has 3 aromatic rings. The van der Waals surface area contributed by atoms with E-state index < -0.39 is 6.16 Å². The Balaban J connectivity index is 2.13. The highest BCUT2D eigenvalue weighted by atomic mass is 32.1. The van der Waals surface area contributed by atoms with E-state index in [2.05, 4.69) is 11.3 Å². The number of hydrogen-bond donors (Lipinski definition) is 0. The van der Waals surface area contributed by atoms with Crippen molar-refractivity contribution in [1.82, 2.24) is 0 Å². The number of rotatable bonds is 2. The van der Waals surface area contributed by atoms with Gasteiger partial charge in [-0.25, -0.2) is 4.79 Å². The number of hydrogen-bond acceptors (Lipinski definition) is 5. The van der Waals surface area contributed by atoms with E-state index in [1.165, 1.54) is 11.3 Å². The molecule has 0 aliphatic carbocycles. The molecule has 1 heterocycles. The van der Waals surface area contributed by atoms with Crippen LogP contribution >= 0.6 is 11.3 Å². The van der Waals surface area contributed by atoms with E-state index in [0.717, 1.165) is 15.7 Å². The van der Waals surface area contributed by atoms with Crippen LogP contribution in [0.5, 0.6) is 5.75 Å². The second kappa shape index (κ2) is 5.38. The van der Waals surface area contributed by atoms with Gasteiger partial charge in [0.25, 0.3) is 0 Å². The molecule has 0 saturated carbocycles. The molecular formula is C16H10O4S. The van der Waals surface area contributed by atoms with Gasteiger partial charge in [-0.05, 0) is 30.3 Å². The van der Waals surface area contributed by atoms with E-state index in [9.17, 15) is 9.59 Å². The first-order valence-corrected chi connectivity index (χ1v) is 6.95. The topological polar surface area (TPSA) is 52.6 Å². The molecule has 0 unspecified atom stereocenters. The lowest BCUT2D eigenvalue weighted by Crippen LogP contribution is -2.07. The molecule has 0 amide bonds. The van der Waals surface area contributed by atoms with Crippen LogP contribution in [-0.4, -0.2) is 6.16 Å². The fourth-order valence-electron chi connectivity index (χ4n) is 2.03. The van der Waals surface area contributed by atoms with E-state index in [0.29, 0.717) is 16.5 Å². The quantitative estimate of drug-likeness (QED) is 0.310. The van der Waals surface area contributed by atoms with Gasteiger partial charge in [0.15, 0.2) is 5.43 Å². The van der Waals surface area contributed by atoms with Gasteiger partial charge in [-0.2, -0.15) is 0 Å². The van der Waals surface area contributed by atoms with Crippen LogP contribution in [0.25, 0.3) is 20.2 Å². The number of carbonyl (C=O) groups excluding carboxylic acids is 1. The largest absolute Gasteiger partial charge is 0.518 e. The van der Waals surface area contributed by atoms with Gasteiger partial charge in [-0.3, -0.25) is 4.79 Å². The molecule has 1 aromatic heterocycles. The summed E-state index contributed by atoms with van der Waals surface area (Å²) in [7, 11) is 0. The molecule has 0 fully saturated rings. The molecule has 0 radical (unpaired) electrons. The Labute approximate surface area is 123 Å². The molecule has 5 heteroatoms. The average Bonchev–Trinajstić information content (AvgIpc) is 2.47. The van der Waals surface area contributed by atoms with Crippen LogP contribution in [0.1, 0.15) is 0 Å². The first-order chi connectivity index (χ1) is 10.2. The van der Waals surface area contributed by atoms with Gasteiger partial charge >= 0.3 is 6.16 Å². The predicted octanol–water partition coefficient (Wildman–Crippen LogP) is 4.07. The normalized spacial score (nSPS) is 10.5. The van der Waals surface area contributed by atoms with E-state index >= 15 is 0 Å². The SMILES string of the molecule is C=COC(=O)Oc1ccc2c(=O)c3ccccc3sc2c1. The van der Waals surface area contributed by atoms with Gasteiger partial charge in [0.05, 0.1) is 6.26 Å². The standard InChI is InChI=1S/C16H10O4S/c1-2-19-16(18)20-10-7-8-12-14(9-10)21-13-6-4-3-5-11(13)15(12)17/h2-9H,1H2. The zero-order valence-electron chi connectivity index (χ0n) is 10.9. The maximum absolute atomic E-state index is 12.4. The van der Waals surface area contributed by atoms with Gasteiger partial charge in [0, 0.05) is 20.2 Å². The molecule has 0 spiro atoms. The van der Waals surface area contributed by atoms with Gasteiger partial charge in [0.1, 0.15) is 5.75 Å². The van der Waals surface area contributed by atoms with Crippen molar-refractivity contribution in [2.24, 2.45) is 0 Å². The second-order valence-electron chi connectivity index (χ2n) is 4.22. The molecular weight excluding hydrogens is 288 g/mol. The molecule has 0 saturated heterocycles. The van der Waals surface area contributed by atoms with Gasteiger partial charge in [-0.1, -0.05) is 18.7 Å². The summed E-state index contributed by atoms with van der Waals surface area (Å²) in [5.74, 6) is 0.320. The van der Waals surface area contributed by atoms with Crippen molar-refractivity contribution >= 4 is 37.7 Å². The maximum Gasteiger partial charge on any atom is 0.518 e. The minimum Gasteiger partial charge on any atom is -0.403 e. The molecule has 104 valence electrons. The lowest BCUT2D eigenvalue weighted by molar-refractivity contribution is 0.136. The Kier molecular flexibility index (Phi) is 3.41. The lowest BCUT2D eigenvalue weighted by atomic mass is 10.2. The van der Waals surface area contributed by atoms with E-state index in [1.54, 1.807) is 24.3 Å². The molecule has 0 aliphatic rings. The summed E-state index contributed by atoms with van der Waals surface area (Å²) >= 11 is 1.47. The van der Waals surface area contributed by atoms with E-state index in [4.69, 9.17) is 4.74 Å². The number of ether oxygens (including phenoxy) is 2. The summed E-state index contributed by atoms with van der Waals surface area (Å²) in [6, 6.07) is 12.3. The van der Waals surface area contributed by atoms with Crippen LogP contribution in [0.4, 0.5) is 4.79 Å². The van der Waals surface area contributed by atoms with Crippen LogP contribution in [0.3, 0.4) is 0 Å². The summed E-state index contributed by atoms with van der Waals surface area (Å²) in [5, 5.41) is 1.29. The highest BCUT2D eigenvalue weighted by Gasteiger charge is 2.09. The minimum absolute atomic E-state index is 0.0282. The highest BCUT2D eigenvalue weighted by Crippen LogP contribution is 2.27. The second-order valence-corrected chi connectivity index (χ2v) is 5.31. The van der Waals surface area contributed by atoms with Crippen molar-refractivity contribution in [2.45, 2.75) is 0 Å². The summed E-state index contributed by atoms with van der Waals surface area (Å²) in [6.45, 7) is 3.28. The van der Waals surface area contributed by atoms with Gasteiger partial charge < -0.3 is 9.47 Å². The zero-order valence-corrected chi connectivity index (χ0v) is 11.7. The lowest BCUT2D eigenvalue weighted by Gasteiger charge is -2.04. The van der Waals surface area contributed by atoms with Crippen molar-refractivity contribution in [2.75, 3.05) is 0 Å². The first-order valence-electron chi connectivity index (χ1n) is 6.14. The summed E-state index contributed by atoms with van der Waals surface area (Å²) in [4.78, 5) is 23.6. The maximum atomic E-state index is 12.4. The third kappa shape index (κ3) is 2.51. The number of carbonyl (C=O) groups is 1. The fraction of sp³-hybridized carbons (Fsp3) is 0. The average molecular weight is 298 g/mol. The molecule has 0 atom stereocenters. The number of benzene rings is 2. The van der Waals surface area contributed by atoms with E-state index in [1.807, 2.05) is 18.2 Å². The molecule has 0 N–H and O–H groups in total. The molecule has 0 aliphatic heterocycles. The van der Waals surface area contributed by atoms with Crippen LogP contribution in [-0.2, 0) is 4.74 Å². The van der Waals surface area contributed by atoms with Crippen LogP contribution in [0.2, 0.25) is 0 Å². The molecule has 2 aromatic carbocycles. The van der Waals surface area contributed by atoms with Crippen LogP contribution in [0, 0.1) is 0 Å². The Morgan fingerprint density at radius 1 is 1.10 bits per heavy atom. The zero-order chi connectivity index (χ0) is 14.8. The van der Waals surface area contributed by atoms with Crippen molar-refractivity contribution in [1.29, 1.82) is 0 Å². The predicted molar refractivity (Wildman–Crippen MR) is 82.9 cm³/mol. The Morgan fingerprint density at radius 2 is 1.86 bits per heavy atom. The van der Waals surface area contributed by atoms with Gasteiger partial charge in [-0.15, -0.1) is 11.3 Å². The van der Waals surface area contributed by atoms with Crippen LogP contribution in [0.15, 0.2) is 60.1 Å². The van der Waals surface area contributed by atoms with Crippen molar-refractivity contribution in [3.8, 4) is 5.75 Å². The smallest absolute Gasteiger partial charge is 0.403 e. The van der Waals surface area contributed by atoms with Crippen LogP contribution < -0.4 is 10.2 Å². The third-order valence-corrected chi connectivity index (χ3v) is 4.06. The van der Waals surface area contributed by atoms with Crippen molar-refractivity contribution in [3.63, 3.8) is 0 Å². The summed E-state index contributed by atoms with van der Waals surface area (Å²) < 4.78 is 11.1. The van der Waals surface area contributed by atoms with Crippen molar-refractivity contribution < 1.29 is 14.3 Å². The van der Waals surface area contributed by atoms with Crippen molar-refractivity contribution in [3.05, 3.63) is 65.5 Å².